The summed E-state index contributed by atoms with van der Waals surface area (Å²) in [6.45, 7) is 2.40. The molecule has 1 N–H and O–H groups in total. The number of nitrogens with zero attached hydrogens (tertiary/aromatic N) is 3. The second kappa shape index (κ2) is 3.99. The van der Waals surface area contributed by atoms with Gasteiger partial charge in [-0.2, -0.15) is 0 Å². The fraction of sp³-hybridized carbons (Fsp3) is 0.714. The molecule has 0 aromatic carbocycles. The van der Waals surface area contributed by atoms with E-state index in [2.05, 4.69) is 10.2 Å². The van der Waals surface area contributed by atoms with Crippen molar-refractivity contribution in [2.75, 3.05) is 31.2 Å². The second-order valence-electron chi connectivity index (χ2n) is 2.90. The Morgan fingerprint density at radius 1 is 1.69 bits per heavy atom. The number of aromatic nitrogens is 2. The van der Waals surface area contributed by atoms with E-state index < -0.39 is 6.10 Å². The molecule has 0 bridgehead atoms. The summed E-state index contributed by atoms with van der Waals surface area (Å²) in [5, 5.41) is 18.0. The molecule has 0 saturated carbocycles. The van der Waals surface area contributed by atoms with Crippen molar-refractivity contribution in [2.45, 2.75) is 6.10 Å². The van der Waals surface area contributed by atoms with Crippen LogP contribution in [0.25, 0.3) is 0 Å². The number of hydrogen-bond acceptors (Lipinski definition) is 6. The molecule has 1 unspecified atom stereocenters. The minimum absolute atomic E-state index is 0.412. The lowest BCUT2D eigenvalue weighted by molar-refractivity contribution is 0.0597. The topological polar surface area (TPSA) is 58.5 Å². The van der Waals surface area contributed by atoms with Crippen molar-refractivity contribution < 1.29 is 9.84 Å². The normalized spacial score (nSPS) is 24.4. The van der Waals surface area contributed by atoms with Gasteiger partial charge in [-0.15, -0.1) is 10.2 Å². The van der Waals surface area contributed by atoms with Crippen LogP contribution in [-0.4, -0.2) is 47.7 Å². The molecule has 2 rings (SSSR count). The summed E-state index contributed by atoms with van der Waals surface area (Å²) in [6.07, 6.45) is -0.425. The average molecular weight is 201 g/mol. The molecule has 1 aromatic rings. The number of anilines is 1. The van der Waals surface area contributed by atoms with Crippen LogP contribution in [0, 0.1) is 0 Å². The molecule has 1 saturated heterocycles. The molecule has 0 spiro atoms. The molecule has 2 heterocycles. The van der Waals surface area contributed by atoms with Crippen LogP contribution in [0.5, 0.6) is 0 Å². The van der Waals surface area contributed by atoms with Crippen LogP contribution in [0.3, 0.4) is 0 Å². The van der Waals surface area contributed by atoms with Crippen LogP contribution >= 0.6 is 11.3 Å². The Morgan fingerprint density at radius 3 is 3.38 bits per heavy atom. The summed E-state index contributed by atoms with van der Waals surface area (Å²) in [5.74, 6) is 0. The van der Waals surface area contributed by atoms with E-state index in [9.17, 15) is 5.11 Å². The van der Waals surface area contributed by atoms with E-state index in [1.807, 2.05) is 4.90 Å². The first-order chi connectivity index (χ1) is 6.36. The van der Waals surface area contributed by atoms with Gasteiger partial charge < -0.3 is 14.7 Å². The number of β-amino-alcohol motifs (C(OH)–C–C–N with tert-alkyl or cyclic N) is 1. The van der Waals surface area contributed by atoms with Crippen molar-refractivity contribution in [3.8, 4) is 0 Å². The van der Waals surface area contributed by atoms with E-state index in [0.717, 1.165) is 11.7 Å². The number of aliphatic hydroxyl groups excluding tert-OH is 1. The number of rotatable bonds is 1. The quantitative estimate of drug-likeness (QED) is 0.678. The molecular formula is C7H11N3O2S. The summed E-state index contributed by atoms with van der Waals surface area (Å²) in [6, 6.07) is 0. The SMILES string of the molecule is OC1COCCN(c2nncs2)C1. The van der Waals surface area contributed by atoms with Crippen molar-refractivity contribution >= 4 is 16.5 Å². The third-order valence-corrected chi connectivity index (χ3v) is 2.62. The van der Waals surface area contributed by atoms with Gasteiger partial charge in [0.2, 0.25) is 5.13 Å². The van der Waals surface area contributed by atoms with E-state index >= 15 is 0 Å². The lowest BCUT2D eigenvalue weighted by atomic mass is 10.3. The molecule has 1 aliphatic rings. The Labute approximate surface area is 80.0 Å². The van der Waals surface area contributed by atoms with E-state index in [4.69, 9.17) is 4.74 Å². The zero-order valence-corrected chi connectivity index (χ0v) is 7.90. The first-order valence-electron chi connectivity index (χ1n) is 4.13. The van der Waals surface area contributed by atoms with Gasteiger partial charge in [0, 0.05) is 13.1 Å². The van der Waals surface area contributed by atoms with E-state index in [0.29, 0.717) is 19.8 Å². The monoisotopic (exact) mass is 201 g/mol. The molecule has 6 heteroatoms. The molecule has 1 atom stereocenters. The highest BCUT2D eigenvalue weighted by atomic mass is 32.1. The Kier molecular flexibility index (Phi) is 2.72. The predicted octanol–water partition coefficient (Wildman–Crippen LogP) is -0.264. The molecular weight excluding hydrogens is 190 g/mol. The van der Waals surface area contributed by atoms with Crippen LogP contribution in [0.15, 0.2) is 5.51 Å². The Morgan fingerprint density at radius 2 is 2.62 bits per heavy atom. The summed E-state index contributed by atoms with van der Waals surface area (Å²) in [7, 11) is 0. The van der Waals surface area contributed by atoms with Crippen molar-refractivity contribution in [3.63, 3.8) is 0 Å². The van der Waals surface area contributed by atoms with Crippen LogP contribution in [0.4, 0.5) is 5.13 Å². The summed E-state index contributed by atoms with van der Waals surface area (Å²) in [5.41, 5.74) is 1.69. The highest BCUT2D eigenvalue weighted by Gasteiger charge is 2.18. The van der Waals surface area contributed by atoms with Gasteiger partial charge in [0.05, 0.1) is 19.3 Å². The van der Waals surface area contributed by atoms with Crippen molar-refractivity contribution in [1.82, 2.24) is 10.2 Å². The van der Waals surface area contributed by atoms with Crippen molar-refractivity contribution in [3.05, 3.63) is 5.51 Å². The summed E-state index contributed by atoms with van der Waals surface area (Å²) < 4.78 is 5.20. The van der Waals surface area contributed by atoms with Crippen molar-refractivity contribution in [2.24, 2.45) is 0 Å². The molecule has 13 heavy (non-hydrogen) atoms. The van der Waals surface area contributed by atoms with E-state index in [-0.39, 0.29) is 0 Å². The van der Waals surface area contributed by atoms with Gasteiger partial charge in [-0.25, -0.2) is 0 Å². The fourth-order valence-electron chi connectivity index (χ4n) is 1.27. The van der Waals surface area contributed by atoms with Gasteiger partial charge in [-0.3, -0.25) is 0 Å². The maximum atomic E-state index is 9.45. The maximum Gasteiger partial charge on any atom is 0.208 e. The maximum absolute atomic E-state index is 9.45. The van der Waals surface area contributed by atoms with Gasteiger partial charge in [-0.05, 0) is 0 Å². The van der Waals surface area contributed by atoms with Crippen LogP contribution in [0.2, 0.25) is 0 Å². The summed E-state index contributed by atoms with van der Waals surface area (Å²) >= 11 is 1.48. The largest absolute Gasteiger partial charge is 0.389 e. The Hall–Kier alpha value is -0.720. The molecule has 5 nitrogen and oxygen atoms in total. The fourth-order valence-corrected chi connectivity index (χ4v) is 1.87. The van der Waals surface area contributed by atoms with Gasteiger partial charge in [0.15, 0.2) is 0 Å². The van der Waals surface area contributed by atoms with Gasteiger partial charge in [0.25, 0.3) is 0 Å². The zero-order chi connectivity index (χ0) is 9.10. The van der Waals surface area contributed by atoms with Crippen LogP contribution in [-0.2, 0) is 4.74 Å². The smallest absolute Gasteiger partial charge is 0.208 e. The van der Waals surface area contributed by atoms with E-state index in [1.54, 1.807) is 5.51 Å². The molecule has 1 aromatic heterocycles. The first kappa shape index (κ1) is 8.86. The minimum Gasteiger partial charge on any atom is -0.389 e. The van der Waals surface area contributed by atoms with Crippen molar-refractivity contribution in [1.29, 1.82) is 0 Å². The lowest BCUT2D eigenvalue weighted by Crippen LogP contribution is -2.32. The average Bonchev–Trinajstić information content (AvgIpc) is 2.56. The number of ether oxygens (including phenoxy) is 1. The van der Waals surface area contributed by atoms with Gasteiger partial charge in [0.1, 0.15) is 5.51 Å². The van der Waals surface area contributed by atoms with Crippen LogP contribution < -0.4 is 4.90 Å². The lowest BCUT2D eigenvalue weighted by Gasteiger charge is -2.18. The molecule has 0 aliphatic carbocycles. The number of hydrogen-bond donors (Lipinski definition) is 1. The van der Waals surface area contributed by atoms with Gasteiger partial charge in [-0.1, -0.05) is 11.3 Å². The molecule has 1 fully saturated rings. The molecule has 0 amide bonds. The highest BCUT2D eigenvalue weighted by Crippen LogP contribution is 2.16. The highest BCUT2D eigenvalue weighted by molar-refractivity contribution is 7.13. The molecule has 1 aliphatic heterocycles. The molecule has 0 radical (unpaired) electrons. The third-order valence-electron chi connectivity index (χ3n) is 1.87. The zero-order valence-electron chi connectivity index (χ0n) is 7.09. The van der Waals surface area contributed by atoms with E-state index in [1.165, 1.54) is 11.3 Å². The van der Waals surface area contributed by atoms with Gasteiger partial charge >= 0.3 is 0 Å². The summed E-state index contributed by atoms with van der Waals surface area (Å²) in [4.78, 5) is 2.00. The Bertz CT molecular complexity index is 254. The minimum atomic E-state index is -0.425. The Balaban J connectivity index is 2.05. The third kappa shape index (κ3) is 2.15. The first-order valence-corrected chi connectivity index (χ1v) is 5.01. The van der Waals surface area contributed by atoms with Crippen LogP contribution in [0.1, 0.15) is 0 Å². The predicted molar refractivity (Wildman–Crippen MR) is 48.9 cm³/mol. The standard InChI is InChI=1S/C7H11N3O2S/c11-6-3-10(1-2-12-4-6)7-9-8-5-13-7/h5-6,11H,1-4H2. The number of aliphatic hydroxyl groups is 1. The second-order valence-corrected chi connectivity index (χ2v) is 3.71. The molecule has 72 valence electrons.